The third-order valence-electron chi connectivity index (χ3n) is 4.67. The predicted octanol–water partition coefficient (Wildman–Crippen LogP) is 2.84. The number of carbonyl (C=O) groups is 1. The molecule has 1 amide bonds. The van der Waals surface area contributed by atoms with Crippen LogP contribution in [0.5, 0.6) is 0 Å². The molecule has 5 nitrogen and oxygen atoms in total. The normalized spacial score (nSPS) is 16.5. The second kappa shape index (κ2) is 6.34. The smallest absolute Gasteiger partial charge is 0.255 e. The molecule has 0 bridgehead atoms. The molecule has 1 aromatic carbocycles. The molecule has 1 aromatic heterocycles. The molecule has 1 heterocycles. The molecule has 0 atom stereocenters. The minimum absolute atomic E-state index is 0.117. The van der Waals surface area contributed by atoms with Gasteiger partial charge in [-0.25, -0.2) is 4.68 Å². The van der Waals surface area contributed by atoms with E-state index in [1.807, 2.05) is 25.1 Å². The van der Waals surface area contributed by atoms with Crippen molar-refractivity contribution in [3.05, 3.63) is 46.7 Å². The fourth-order valence-corrected chi connectivity index (χ4v) is 3.45. The minimum Gasteiger partial charge on any atom is -0.345 e. The lowest BCUT2D eigenvalue weighted by molar-refractivity contribution is 0.0902. The van der Waals surface area contributed by atoms with Gasteiger partial charge in [-0.2, -0.15) is 5.10 Å². The maximum absolute atomic E-state index is 12.7. The Bertz CT molecular complexity index is 719. The predicted molar refractivity (Wildman–Crippen MR) is 91.0 cm³/mol. The third-order valence-corrected chi connectivity index (χ3v) is 4.98. The molecule has 1 aliphatic carbocycles. The van der Waals surface area contributed by atoms with Crippen molar-refractivity contribution < 1.29 is 4.79 Å². The van der Waals surface area contributed by atoms with Gasteiger partial charge in [-0.3, -0.25) is 4.79 Å². The second-order valence-electron chi connectivity index (χ2n) is 6.15. The van der Waals surface area contributed by atoms with Gasteiger partial charge in [0, 0.05) is 6.54 Å². The number of carbonyl (C=O) groups excluding carboxylic acids is 1. The van der Waals surface area contributed by atoms with Gasteiger partial charge in [0.2, 0.25) is 0 Å². The Kier molecular flexibility index (Phi) is 4.41. The number of nitrogens with one attached hydrogen (secondary N) is 1. The molecule has 1 saturated carbocycles. The highest BCUT2D eigenvalue weighted by Gasteiger charge is 2.34. The second-order valence-corrected chi connectivity index (χ2v) is 6.56. The van der Waals surface area contributed by atoms with Gasteiger partial charge in [0.15, 0.2) is 0 Å². The molecule has 2 aromatic rings. The van der Waals surface area contributed by atoms with Crippen LogP contribution in [0.15, 0.2) is 30.5 Å². The summed E-state index contributed by atoms with van der Waals surface area (Å²) in [6.07, 6.45) is 5.68. The van der Waals surface area contributed by atoms with Crippen molar-refractivity contribution in [2.75, 3.05) is 6.54 Å². The summed E-state index contributed by atoms with van der Waals surface area (Å²) in [5, 5.41) is 8.06. The van der Waals surface area contributed by atoms with Crippen molar-refractivity contribution >= 4 is 17.5 Å². The zero-order valence-corrected chi connectivity index (χ0v) is 13.9. The standard InChI is InChI=1S/C17H21ClN4O/c1-12-13(16(23)21-17(11-19)8-4-5-9-17)10-20-22(12)15-7-3-2-6-14(15)18/h2-3,6-7,10H,4-5,8-9,11,19H2,1H3,(H,21,23). The van der Waals surface area contributed by atoms with Crippen LogP contribution in [0.25, 0.3) is 5.69 Å². The summed E-state index contributed by atoms with van der Waals surface area (Å²) < 4.78 is 1.70. The number of benzene rings is 1. The zero-order chi connectivity index (χ0) is 16.4. The Morgan fingerprint density at radius 1 is 1.39 bits per heavy atom. The highest BCUT2D eigenvalue weighted by molar-refractivity contribution is 6.32. The number of hydrogen-bond donors (Lipinski definition) is 2. The van der Waals surface area contributed by atoms with Crippen LogP contribution in [0.4, 0.5) is 0 Å². The number of nitrogens with zero attached hydrogens (tertiary/aromatic N) is 2. The molecule has 0 aliphatic heterocycles. The number of halogens is 1. The topological polar surface area (TPSA) is 72.9 Å². The van der Waals surface area contributed by atoms with Crippen molar-refractivity contribution in [3.8, 4) is 5.69 Å². The Morgan fingerprint density at radius 3 is 2.74 bits per heavy atom. The Balaban J connectivity index is 1.87. The molecule has 0 spiro atoms. The van der Waals surface area contributed by atoms with Crippen molar-refractivity contribution in [2.24, 2.45) is 5.73 Å². The first-order valence-corrected chi connectivity index (χ1v) is 8.26. The number of aromatic nitrogens is 2. The molecule has 6 heteroatoms. The van der Waals surface area contributed by atoms with E-state index in [2.05, 4.69) is 10.4 Å². The average molecular weight is 333 g/mol. The summed E-state index contributed by atoms with van der Waals surface area (Å²) >= 11 is 6.22. The van der Waals surface area contributed by atoms with Crippen LogP contribution in [-0.4, -0.2) is 27.8 Å². The molecule has 1 aliphatic rings. The average Bonchev–Trinajstić information content (AvgIpc) is 3.15. The first-order valence-electron chi connectivity index (χ1n) is 7.88. The number of amides is 1. The lowest BCUT2D eigenvalue weighted by Gasteiger charge is -2.28. The summed E-state index contributed by atoms with van der Waals surface area (Å²) in [7, 11) is 0. The van der Waals surface area contributed by atoms with Gasteiger partial charge in [0.05, 0.1) is 33.7 Å². The van der Waals surface area contributed by atoms with Crippen LogP contribution < -0.4 is 11.1 Å². The van der Waals surface area contributed by atoms with E-state index >= 15 is 0 Å². The van der Waals surface area contributed by atoms with Crippen molar-refractivity contribution in [3.63, 3.8) is 0 Å². The van der Waals surface area contributed by atoms with Crippen LogP contribution in [0.1, 0.15) is 41.7 Å². The van der Waals surface area contributed by atoms with Crippen LogP contribution in [0.3, 0.4) is 0 Å². The van der Waals surface area contributed by atoms with Gasteiger partial charge in [-0.05, 0) is 31.9 Å². The van der Waals surface area contributed by atoms with Crippen LogP contribution in [0, 0.1) is 6.92 Å². The van der Waals surface area contributed by atoms with Crippen LogP contribution >= 0.6 is 11.6 Å². The van der Waals surface area contributed by atoms with Crippen LogP contribution in [0.2, 0.25) is 5.02 Å². The molecular weight excluding hydrogens is 312 g/mol. The van der Waals surface area contributed by atoms with E-state index < -0.39 is 0 Å². The van der Waals surface area contributed by atoms with E-state index in [4.69, 9.17) is 17.3 Å². The monoisotopic (exact) mass is 332 g/mol. The highest BCUT2D eigenvalue weighted by atomic mass is 35.5. The molecule has 23 heavy (non-hydrogen) atoms. The van der Waals surface area contributed by atoms with Gasteiger partial charge in [0.1, 0.15) is 0 Å². The summed E-state index contributed by atoms with van der Waals surface area (Å²) in [4.78, 5) is 12.7. The lowest BCUT2D eigenvalue weighted by Crippen LogP contribution is -2.51. The fourth-order valence-electron chi connectivity index (χ4n) is 3.24. The van der Waals surface area contributed by atoms with Crippen LogP contribution in [-0.2, 0) is 0 Å². The number of hydrogen-bond acceptors (Lipinski definition) is 3. The Labute approximate surface area is 140 Å². The van der Waals surface area contributed by atoms with Gasteiger partial charge in [0.25, 0.3) is 5.91 Å². The quantitative estimate of drug-likeness (QED) is 0.904. The van der Waals surface area contributed by atoms with Gasteiger partial charge in [-0.15, -0.1) is 0 Å². The Hall–Kier alpha value is -1.85. The van der Waals surface area contributed by atoms with E-state index in [9.17, 15) is 4.79 Å². The van der Waals surface area contributed by atoms with E-state index in [1.54, 1.807) is 16.9 Å². The molecule has 0 radical (unpaired) electrons. The van der Waals surface area contributed by atoms with E-state index in [0.29, 0.717) is 17.1 Å². The SMILES string of the molecule is Cc1c(C(=O)NC2(CN)CCCC2)cnn1-c1ccccc1Cl. The molecule has 0 unspecified atom stereocenters. The van der Waals surface area contributed by atoms with Crippen molar-refractivity contribution in [2.45, 2.75) is 38.1 Å². The maximum atomic E-state index is 12.7. The largest absolute Gasteiger partial charge is 0.345 e. The first-order chi connectivity index (χ1) is 11.1. The molecule has 122 valence electrons. The van der Waals surface area contributed by atoms with E-state index in [1.165, 1.54) is 0 Å². The summed E-state index contributed by atoms with van der Waals surface area (Å²) in [5.74, 6) is -0.117. The molecule has 3 rings (SSSR count). The maximum Gasteiger partial charge on any atom is 0.255 e. The van der Waals surface area contributed by atoms with Gasteiger partial charge < -0.3 is 11.1 Å². The fraction of sp³-hybridized carbons (Fsp3) is 0.412. The van der Waals surface area contributed by atoms with E-state index in [0.717, 1.165) is 37.1 Å². The molecule has 0 saturated heterocycles. The van der Waals surface area contributed by atoms with Crippen molar-refractivity contribution in [1.29, 1.82) is 0 Å². The first kappa shape index (κ1) is 16.0. The summed E-state index contributed by atoms with van der Waals surface area (Å²) in [5.41, 5.74) is 7.72. The number of rotatable bonds is 4. The minimum atomic E-state index is -0.268. The lowest BCUT2D eigenvalue weighted by atomic mass is 9.97. The zero-order valence-electron chi connectivity index (χ0n) is 13.2. The Morgan fingerprint density at radius 2 is 2.09 bits per heavy atom. The summed E-state index contributed by atoms with van der Waals surface area (Å²) in [6, 6.07) is 7.44. The van der Waals surface area contributed by atoms with Gasteiger partial charge in [-0.1, -0.05) is 36.6 Å². The number of nitrogens with two attached hydrogens (primary N) is 1. The summed E-state index contributed by atoms with van der Waals surface area (Å²) in [6.45, 7) is 2.34. The molecule has 1 fully saturated rings. The number of para-hydroxylation sites is 1. The third kappa shape index (κ3) is 2.99. The van der Waals surface area contributed by atoms with Crippen molar-refractivity contribution in [1.82, 2.24) is 15.1 Å². The van der Waals surface area contributed by atoms with E-state index in [-0.39, 0.29) is 11.4 Å². The molecular formula is C17H21ClN4O. The highest BCUT2D eigenvalue weighted by Crippen LogP contribution is 2.29. The molecule has 3 N–H and O–H groups in total. The van der Waals surface area contributed by atoms with Gasteiger partial charge >= 0.3 is 0 Å².